The molecule has 7 heteroatoms. The molecule has 0 saturated carbocycles. The highest BCUT2D eigenvalue weighted by Crippen LogP contribution is 2.38. The molecule has 0 aliphatic carbocycles. The number of para-hydroxylation sites is 1. The summed E-state index contributed by atoms with van der Waals surface area (Å²) in [6.07, 6.45) is 2.53. The Bertz CT molecular complexity index is 1110. The Balaban J connectivity index is 1.37. The fourth-order valence-corrected chi connectivity index (χ4v) is 4.25. The Hall–Kier alpha value is -3.12. The molecule has 154 valence electrons. The molecule has 0 radical (unpaired) electrons. The zero-order valence-corrected chi connectivity index (χ0v) is 17.2. The number of benzene rings is 2. The molecular formula is C23H21ClN2O4. The summed E-state index contributed by atoms with van der Waals surface area (Å²) in [4.78, 5) is 15.3. The van der Waals surface area contributed by atoms with Gasteiger partial charge >= 0.3 is 0 Å². The standard InChI is InChI=1S/C23H21ClN2O4/c1-14-10-15-4-2-3-5-19(15)26(14)13-16-6-7-30-22(16)23(27)25-18-12-21-20(11-17(18)24)28-8-9-29-21/h2-7,11-12,14H,8-10,13H2,1H3,(H,25,27). The third-order valence-electron chi connectivity index (χ3n) is 5.52. The maximum absolute atomic E-state index is 13.0. The lowest BCUT2D eigenvalue weighted by molar-refractivity contribution is 0.0995. The van der Waals surface area contributed by atoms with Crippen molar-refractivity contribution in [2.75, 3.05) is 23.4 Å². The number of carbonyl (C=O) groups is 1. The molecule has 1 atom stereocenters. The highest BCUT2D eigenvalue weighted by molar-refractivity contribution is 6.34. The monoisotopic (exact) mass is 424 g/mol. The highest BCUT2D eigenvalue weighted by atomic mass is 35.5. The number of rotatable bonds is 4. The molecule has 6 nitrogen and oxygen atoms in total. The first-order valence-electron chi connectivity index (χ1n) is 9.91. The maximum Gasteiger partial charge on any atom is 0.291 e. The van der Waals surface area contributed by atoms with E-state index in [2.05, 4.69) is 35.3 Å². The van der Waals surface area contributed by atoms with E-state index in [9.17, 15) is 4.79 Å². The molecule has 30 heavy (non-hydrogen) atoms. The van der Waals surface area contributed by atoms with Crippen molar-refractivity contribution < 1.29 is 18.7 Å². The summed E-state index contributed by atoms with van der Waals surface area (Å²) in [5.74, 6) is 1.05. The molecular weight excluding hydrogens is 404 g/mol. The summed E-state index contributed by atoms with van der Waals surface area (Å²) in [6.45, 7) is 3.71. The first kappa shape index (κ1) is 18.9. The van der Waals surface area contributed by atoms with E-state index in [0.29, 0.717) is 48.0 Å². The van der Waals surface area contributed by atoms with Crippen LogP contribution in [0, 0.1) is 0 Å². The minimum atomic E-state index is -0.353. The molecule has 1 N–H and O–H groups in total. The molecule has 0 bridgehead atoms. The summed E-state index contributed by atoms with van der Waals surface area (Å²) in [7, 11) is 0. The van der Waals surface area contributed by atoms with Gasteiger partial charge in [0.1, 0.15) is 13.2 Å². The first-order chi connectivity index (χ1) is 14.6. The van der Waals surface area contributed by atoms with Crippen LogP contribution in [0.2, 0.25) is 5.02 Å². The molecule has 3 aromatic rings. The van der Waals surface area contributed by atoms with Gasteiger partial charge in [-0.15, -0.1) is 0 Å². The van der Waals surface area contributed by atoms with Crippen LogP contribution < -0.4 is 19.7 Å². The summed E-state index contributed by atoms with van der Waals surface area (Å²) < 4.78 is 16.7. The fourth-order valence-electron chi connectivity index (χ4n) is 4.05. The predicted molar refractivity (Wildman–Crippen MR) is 115 cm³/mol. The van der Waals surface area contributed by atoms with Crippen LogP contribution in [0.15, 0.2) is 53.1 Å². The minimum Gasteiger partial charge on any atom is -0.486 e. The second-order valence-corrected chi connectivity index (χ2v) is 7.92. The maximum atomic E-state index is 13.0. The van der Waals surface area contributed by atoms with Gasteiger partial charge in [0.15, 0.2) is 17.3 Å². The number of halogens is 1. The van der Waals surface area contributed by atoms with Gasteiger partial charge in [0, 0.05) is 36.0 Å². The molecule has 0 saturated heterocycles. The molecule has 0 spiro atoms. The normalized spacial score (nSPS) is 17.0. The van der Waals surface area contributed by atoms with Crippen molar-refractivity contribution in [1.29, 1.82) is 0 Å². The van der Waals surface area contributed by atoms with Gasteiger partial charge in [-0.05, 0) is 31.0 Å². The molecule has 1 amide bonds. The lowest BCUT2D eigenvalue weighted by atomic mass is 10.1. The molecule has 2 aliphatic rings. The third-order valence-corrected chi connectivity index (χ3v) is 5.83. The number of nitrogens with one attached hydrogen (secondary N) is 1. The van der Waals surface area contributed by atoms with E-state index in [0.717, 1.165) is 12.0 Å². The molecule has 3 heterocycles. The van der Waals surface area contributed by atoms with Crippen molar-refractivity contribution in [2.24, 2.45) is 0 Å². The van der Waals surface area contributed by atoms with E-state index in [1.807, 2.05) is 12.1 Å². The van der Waals surface area contributed by atoms with Gasteiger partial charge in [-0.25, -0.2) is 0 Å². The number of hydrogen-bond donors (Lipinski definition) is 1. The lowest BCUT2D eigenvalue weighted by Crippen LogP contribution is -2.29. The summed E-state index contributed by atoms with van der Waals surface area (Å²) >= 11 is 6.33. The van der Waals surface area contributed by atoms with Crippen molar-refractivity contribution >= 4 is 28.9 Å². The van der Waals surface area contributed by atoms with Crippen LogP contribution in [0.25, 0.3) is 0 Å². The number of hydrogen-bond acceptors (Lipinski definition) is 5. The van der Waals surface area contributed by atoms with Crippen LogP contribution in [0.3, 0.4) is 0 Å². The second-order valence-electron chi connectivity index (χ2n) is 7.51. The number of anilines is 2. The van der Waals surface area contributed by atoms with Gasteiger partial charge in [-0.1, -0.05) is 29.8 Å². The molecule has 2 aliphatic heterocycles. The van der Waals surface area contributed by atoms with E-state index in [1.54, 1.807) is 18.4 Å². The van der Waals surface area contributed by atoms with Crippen molar-refractivity contribution in [2.45, 2.75) is 25.9 Å². The average molecular weight is 425 g/mol. The van der Waals surface area contributed by atoms with Crippen LogP contribution >= 0.6 is 11.6 Å². The SMILES string of the molecule is CC1Cc2ccccc2N1Cc1ccoc1C(=O)Nc1cc2c(cc1Cl)OCCO2. The molecule has 1 unspecified atom stereocenters. The minimum absolute atomic E-state index is 0.275. The van der Waals surface area contributed by atoms with Gasteiger partial charge in [-0.2, -0.15) is 0 Å². The van der Waals surface area contributed by atoms with Gasteiger partial charge < -0.3 is 24.1 Å². The summed E-state index contributed by atoms with van der Waals surface area (Å²) in [6, 6.07) is 13.9. The van der Waals surface area contributed by atoms with Crippen molar-refractivity contribution in [1.82, 2.24) is 0 Å². The quantitative estimate of drug-likeness (QED) is 0.644. The average Bonchev–Trinajstić information content (AvgIpc) is 3.33. The summed E-state index contributed by atoms with van der Waals surface area (Å²) in [5, 5.41) is 3.22. The van der Waals surface area contributed by atoms with E-state index in [4.69, 9.17) is 25.5 Å². The van der Waals surface area contributed by atoms with E-state index < -0.39 is 0 Å². The second kappa shape index (κ2) is 7.61. The van der Waals surface area contributed by atoms with Crippen LogP contribution in [-0.2, 0) is 13.0 Å². The molecule has 1 aromatic heterocycles. The van der Waals surface area contributed by atoms with Crippen molar-refractivity contribution in [3.63, 3.8) is 0 Å². The molecule has 0 fully saturated rings. The van der Waals surface area contributed by atoms with Gasteiger partial charge in [0.05, 0.1) is 17.0 Å². The zero-order valence-electron chi connectivity index (χ0n) is 16.5. The number of nitrogens with zero attached hydrogens (tertiary/aromatic N) is 1. The Morgan fingerprint density at radius 3 is 2.77 bits per heavy atom. The molecule has 5 rings (SSSR count). The van der Waals surface area contributed by atoms with Gasteiger partial charge in [-0.3, -0.25) is 4.79 Å². The van der Waals surface area contributed by atoms with Gasteiger partial charge in [0.25, 0.3) is 5.91 Å². The third kappa shape index (κ3) is 3.37. The number of carbonyl (C=O) groups excluding carboxylic acids is 1. The topological polar surface area (TPSA) is 63.9 Å². The predicted octanol–water partition coefficient (Wildman–Crippen LogP) is 4.91. The Labute approximate surface area is 179 Å². The Morgan fingerprint density at radius 1 is 1.17 bits per heavy atom. The zero-order chi connectivity index (χ0) is 20.7. The van der Waals surface area contributed by atoms with E-state index in [1.165, 1.54) is 11.3 Å². The molecule has 2 aromatic carbocycles. The van der Waals surface area contributed by atoms with Crippen LogP contribution in [0.5, 0.6) is 11.5 Å². The highest BCUT2D eigenvalue weighted by Gasteiger charge is 2.28. The van der Waals surface area contributed by atoms with Gasteiger partial charge in [0.2, 0.25) is 0 Å². The largest absolute Gasteiger partial charge is 0.486 e. The summed E-state index contributed by atoms with van der Waals surface area (Å²) in [5.41, 5.74) is 3.80. The Morgan fingerprint density at radius 2 is 1.93 bits per heavy atom. The van der Waals surface area contributed by atoms with Crippen molar-refractivity contribution in [3.05, 3.63) is 70.6 Å². The number of amides is 1. The van der Waals surface area contributed by atoms with Crippen LogP contribution in [0.4, 0.5) is 11.4 Å². The van der Waals surface area contributed by atoms with Crippen LogP contribution in [-0.4, -0.2) is 25.2 Å². The Kier molecular flexibility index (Phi) is 4.79. The number of furan rings is 1. The first-order valence-corrected chi connectivity index (χ1v) is 10.3. The van der Waals surface area contributed by atoms with Crippen molar-refractivity contribution in [3.8, 4) is 11.5 Å². The number of fused-ring (bicyclic) bond motifs is 2. The fraction of sp³-hybridized carbons (Fsp3) is 0.261. The van der Waals surface area contributed by atoms with Crippen LogP contribution in [0.1, 0.15) is 28.6 Å². The lowest BCUT2D eigenvalue weighted by Gasteiger charge is -2.24. The number of ether oxygens (including phenoxy) is 2. The smallest absolute Gasteiger partial charge is 0.291 e. The van der Waals surface area contributed by atoms with E-state index >= 15 is 0 Å². The van der Waals surface area contributed by atoms with E-state index in [-0.39, 0.29) is 11.7 Å².